The van der Waals surface area contributed by atoms with Crippen molar-refractivity contribution in [1.29, 1.82) is 0 Å². The molecule has 3 N–H and O–H groups in total. The lowest BCUT2D eigenvalue weighted by molar-refractivity contribution is 0.0773. The summed E-state index contributed by atoms with van der Waals surface area (Å²) in [6.07, 6.45) is 0.599. The first-order valence-electron chi connectivity index (χ1n) is 5.70. The Morgan fingerprint density at radius 3 is 2.74 bits per heavy atom. The van der Waals surface area contributed by atoms with E-state index in [2.05, 4.69) is 5.16 Å². The average molecular weight is 271 g/mol. The molecule has 0 aliphatic heterocycles. The van der Waals surface area contributed by atoms with E-state index in [1.807, 2.05) is 6.92 Å². The lowest BCUT2D eigenvalue weighted by Gasteiger charge is -2.21. The lowest BCUT2D eigenvalue weighted by atomic mass is 10.1. The van der Waals surface area contributed by atoms with Crippen molar-refractivity contribution >= 4 is 11.7 Å². The molecule has 0 spiro atoms. The lowest BCUT2D eigenvalue weighted by Crippen LogP contribution is -2.39. The highest BCUT2D eigenvalue weighted by Gasteiger charge is 2.20. The zero-order chi connectivity index (χ0) is 14.4. The maximum atomic E-state index is 13.5. The SMILES string of the molecule is CCCN(CC(N)=NO)C(=O)c1cc(F)ccc1F. The largest absolute Gasteiger partial charge is 0.409 e. The van der Waals surface area contributed by atoms with Crippen LogP contribution in [0.4, 0.5) is 8.78 Å². The Morgan fingerprint density at radius 2 is 2.16 bits per heavy atom. The number of amides is 1. The van der Waals surface area contributed by atoms with Crippen molar-refractivity contribution in [1.82, 2.24) is 4.90 Å². The number of nitrogens with zero attached hydrogens (tertiary/aromatic N) is 2. The zero-order valence-electron chi connectivity index (χ0n) is 10.4. The third kappa shape index (κ3) is 3.90. The van der Waals surface area contributed by atoms with Gasteiger partial charge in [-0.15, -0.1) is 0 Å². The van der Waals surface area contributed by atoms with Crippen molar-refractivity contribution in [2.75, 3.05) is 13.1 Å². The van der Waals surface area contributed by atoms with Gasteiger partial charge in [-0.2, -0.15) is 0 Å². The standard InChI is InChI=1S/C12H15F2N3O2/c1-2-5-17(7-11(15)16-19)12(18)9-6-8(13)3-4-10(9)14/h3-4,6,19H,2,5,7H2,1H3,(H2,15,16). The highest BCUT2D eigenvalue weighted by molar-refractivity contribution is 5.97. The van der Waals surface area contributed by atoms with Gasteiger partial charge in [0.2, 0.25) is 0 Å². The summed E-state index contributed by atoms with van der Waals surface area (Å²) in [4.78, 5) is 13.3. The molecule has 104 valence electrons. The van der Waals surface area contributed by atoms with E-state index in [0.717, 1.165) is 18.2 Å². The maximum absolute atomic E-state index is 13.5. The summed E-state index contributed by atoms with van der Waals surface area (Å²) in [7, 11) is 0. The van der Waals surface area contributed by atoms with Crippen LogP contribution in [0.15, 0.2) is 23.4 Å². The van der Waals surface area contributed by atoms with Crippen LogP contribution in [0, 0.1) is 11.6 Å². The van der Waals surface area contributed by atoms with Crippen LogP contribution in [-0.2, 0) is 0 Å². The van der Waals surface area contributed by atoms with E-state index in [4.69, 9.17) is 10.9 Å². The van der Waals surface area contributed by atoms with Gasteiger partial charge in [-0.25, -0.2) is 8.78 Å². The molecule has 5 nitrogen and oxygen atoms in total. The van der Waals surface area contributed by atoms with Gasteiger partial charge in [0.1, 0.15) is 11.6 Å². The van der Waals surface area contributed by atoms with E-state index in [0.29, 0.717) is 6.42 Å². The number of carbonyl (C=O) groups excluding carboxylic acids is 1. The van der Waals surface area contributed by atoms with Crippen LogP contribution >= 0.6 is 0 Å². The van der Waals surface area contributed by atoms with Gasteiger partial charge in [0.15, 0.2) is 5.84 Å². The molecule has 0 radical (unpaired) electrons. The molecule has 0 bridgehead atoms. The first kappa shape index (κ1) is 14.9. The molecule has 0 aliphatic carbocycles. The zero-order valence-corrected chi connectivity index (χ0v) is 10.4. The van der Waals surface area contributed by atoms with E-state index in [9.17, 15) is 13.6 Å². The summed E-state index contributed by atoms with van der Waals surface area (Å²) >= 11 is 0. The number of hydrogen-bond donors (Lipinski definition) is 2. The minimum atomic E-state index is -0.813. The summed E-state index contributed by atoms with van der Waals surface area (Å²) in [5.41, 5.74) is 4.95. The van der Waals surface area contributed by atoms with Gasteiger partial charge in [-0.3, -0.25) is 4.79 Å². The molecule has 1 aromatic carbocycles. The monoisotopic (exact) mass is 271 g/mol. The number of oxime groups is 1. The summed E-state index contributed by atoms with van der Waals surface area (Å²) in [5, 5.41) is 11.3. The molecular formula is C12H15F2N3O2. The normalized spacial score (nSPS) is 11.4. The highest BCUT2D eigenvalue weighted by atomic mass is 19.1. The van der Waals surface area contributed by atoms with Gasteiger partial charge in [-0.1, -0.05) is 12.1 Å². The molecule has 0 saturated carbocycles. The molecule has 0 aliphatic rings. The predicted octanol–water partition coefficient (Wildman–Crippen LogP) is 1.56. The third-order valence-corrected chi connectivity index (χ3v) is 2.42. The topological polar surface area (TPSA) is 78.9 Å². The van der Waals surface area contributed by atoms with Gasteiger partial charge in [-0.05, 0) is 24.6 Å². The van der Waals surface area contributed by atoms with Gasteiger partial charge in [0.05, 0.1) is 12.1 Å². The fourth-order valence-electron chi connectivity index (χ4n) is 1.58. The van der Waals surface area contributed by atoms with Crippen molar-refractivity contribution < 1.29 is 18.8 Å². The summed E-state index contributed by atoms with van der Waals surface area (Å²) in [5.74, 6) is -2.40. The Kier molecular flexibility index (Phi) is 5.23. The van der Waals surface area contributed by atoms with Crippen molar-refractivity contribution in [3.63, 3.8) is 0 Å². The second kappa shape index (κ2) is 6.67. The fourth-order valence-corrected chi connectivity index (χ4v) is 1.58. The molecule has 0 heterocycles. The number of hydrogen-bond acceptors (Lipinski definition) is 3. The quantitative estimate of drug-likeness (QED) is 0.369. The predicted molar refractivity (Wildman–Crippen MR) is 66.0 cm³/mol. The summed E-state index contributed by atoms with van der Waals surface area (Å²) < 4.78 is 26.6. The molecule has 0 aromatic heterocycles. The molecular weight excluding hydrogens is 256 g/mol. The Morgan fingerprint density at radius 1 is 1.47 bits per heavy atom. The Labute approximate surface area is 109 Å². The van der Waals surface area contributed by atoms with Gasteiger partial charge in [0.25, 0.3) is 5.91 Å². The highest BCUT2D eigenvalue weighted by Crippen LogP contribution is 2.13. The maximum Gasteiger partial charge on any atom is 0.257 e. The first-order valence-corrected chi connectivity index (χ1v) is 5.70. The molecule has 0 atom stereocenters. The van der Waals surface area contributed by atoms with Crippen LogP contribution in [0.3, 0.4) is 0 Å². The van der Waals surface area contributed by atoms with Gasteiger partial charge in [0, 0.05) is 6.54 Å². The van der Waals surface area contributed by atoms with E-state index < -0.39 is 17.5 Å². The fraction of sp³-hybridized carbons (Fsp3) is 0.333. The second-order valence-corrected chi connectivity index (χ2v) is 3.94. The molecule has 0 saturated heterocycles. The van der Waals surface area contributed by atoms with Crippen LogP contribution in [0.2, 0.25) is 0 Å². The van der Waals surface area contributed by atoms with Crippen molar-refractivity contribution in [3.05, 3.63) is 35.4 Å². The minimum absolute atomic E-state index is 0.154. The molecule has 1 aromatic rings. The number of benzene rings is 1. The van der Waals surface area contributed by atoms with Crippen LogP contribution < -0.4 is 5.73 Å². The van der Waals surface area contributed by atoms with Crippen molar-refractivity contribution in [2.45, 2.75) is 13.3 Å². The van der Waals surface area contributed by atoms with Crippen LogP contribution in [0.25, 0.3) is 0 Å². The Bertz CT molecular complexity index is 492. The third-order valence-electron chi connectivity index (χ3n) is 2.42. The molecule has 1 rings (SSSR count). The number of halogens is 2. The van der Waals surface area contributed by atoms with Gasteiger partial charge >= 0.3 is 0 Å². The van der Waals surface area contributed by atoms with Crippen LogP contribution in [0.5, 0.6) is 0 Å². The minimum Gasteiger partial charge on any atom is -0.409 e. The van der Waals surface area contributed by atoms with E-state index in [1.165, 1.54) is 4.90 Å². The number of nitrogens with two attached hydrogens (primary N) is 1. The molecule has 0 fully saturated rings. The smallest absolute Gasteiger partial charge is 0.257 e. The van der Waals surface area contributed by atoms with Crippen molar-refractivity contribution in [3.8, 4) is 0 Å². The Balaban J connectivity index is 3.01. The molecule has 19 heavy (non-hydrogen) atoms. The van der Waals surface area contributed by atoms with E-state index in [-0.39, 0.29) is 24.5 Å². The second-order valence-electron chi connectivity index (χ2n) is 3.94. The number of amidine groups is 1. The molecule has 0 unspecified atom stereocenters. The average Bonchev–Trinajstić information content (AvgIpc) is 2.40. The van der Waals surface area contributed by atoms with Crippen LogP contribution in [0.1, 0.15) is 23.7 Å². The number of carbonyl (C=O) groups is 1. The molecule has 7 heteroatoms. The molecule has 1 amide bonds. The van der Waals surface area contributed by atoms with E-state index in [1.54, 1.807) is 0 Å². The van der Waals surface area contributed by atoms with Gasteiger partial charge < -0.3 is 15.8 Å². The number of rotatable bonds is 5. The van der Waals surface area contributed by atoms with Crippen LogP contribution in [-0.4, -0.2) is 34.9 Å². The summed E-state index contributed by atoms with van der Waals surface area (Å²) in [6.45, 7) is 1.94. The van der Waals surface area contributed by atoms with E-state index >= 15 is 0 Å². The van der Waals surface area contributed by atoms with Crippen molar-refractivity contribution in [2.24, 2.45) is 10.9 Å². The Hall–Kier alpha value is -2.18. The summed E-state index contributed by atoms with van der Waals surface area (Å²) in [6, 6.07) is 2.64. The first-order chi connectivity index (χ1) is 8.99.